The van der Waals surface area contributed by atoms with E-state index in [1.54, 1.807) is 18.2 Å². The molecule has 0 radical (unpaired) electrons. The first kappa shape index (κ1) is 12.5. The Labute approximate surface area is 103 Å². The van der Waals surface area contributed by atoms with E-state index in [0.717, 1.165) is 6.42 Å². The molecule has 0 saturated carbocycles. The SMILES string of the molecule is CCCOc1cccc2[nH]cc(C(=O)C(F)F)c12. The number of hydrogen-bond donors (Lipinski definition) is 1. The third-order valence-corrected chi connectivity index (χ3v) is 2.59. The fourth-order valence-electron chi connectivity index (χ4n) is 1.80. The van der Waals surface area contributed by atoms with Crippen LogP contribution in [0.5, 0.6) is 5.75 Å². The molecule has 5 heteroatoms. The van der Waals surface area contributed by atoms with E-state index in [-0.39, 0.29) is 5.56 Å². The molecule has 1 aromatic heterocycles. The van der Waals surface area contributed by atoms with Crippen LogP contribution in [0.3, 0.4) is 0 Å². The maximum absolute atomic E-state index is 12.5. The highest BCUT2D eigenvalue weighted by Gasteiger charge is 2.23. The molecule has 0 aliphatic rings. The first-order chi connectivity index (χ1) is 8.65. The van der Waals surface area contributed by atoms with Crippen LogP contribution in [0, 0.1) is 0 Å². The number of ketones is 1. The highest BCUT2D eigenvalue weighted by Crippen LogP contribution is 2.30. The van der Waals surface area contributed by atoms with E-state index < -0.39 is 12.2 Å². The maximum atomic E-state index is 12.5. The normalized spacial score (nSPS) is 11.1. The highest BCUT2D eigenvalue weighted by molar-refractivity contribution is 6.11. The molecule has 0 aliphatic heterocycles. The molecule has 18 heavy (non-hydrogen) atoms. The molecule has 0 fully saturated rings. The standard InChI is InChI=1S/C13H13F2NO2/c1-2-6-18-10-5-3-4-9-11(10)8(7-16-9)12(17)13(14)15/h3-5,7,13,16H,2,6H2,1H3. The summed E-state index contributed by atoms with van der Waals surface area (Å²) in [5.74, 6) is -0.728. The zero-order valence-corrected chi connectivity index (χ0v) is 9.87. The zero-order chi connectivity index (χ0) is 13.1. The van der Waals surface area contributed by atoms with Gasteiger partial charge in [-0.1, -0.05) is 13.0 Å². The molecular weight excluding hydrogens is 240 g/mol. The number of fused-ring (bicyclic) bond motifs is 1. The Morgan fingerprint density at radius 3 is 2.89 bits per heavy atom. The van der Waals surface area contributed by atoms with Crippen molar-refractivity contribution in [1.29, 1.82) is 0 Å². The number of nitrogens with one attached hydrogen (secondary N) is 1. The molecule has 3 nitrogen and oxygen atoms in total. The van der Waals surface area contributed by atoms with Crippen LogP contribution in [-0.4, -0.2) is 23.8 Å². The molecule has 1 N–H and O–H groups in total. The molecule has 0 spiro atoms. The van der Waals surface area contributed by atoms with Gasteiger partial charge in [-0.05, 0) is 18.6 Å². The van der Waals surface area contributed by atoms with Gasteiger partial charge >= 0.3 is 6.43 Å². The summed E-state index contributed by atoms with van der Waals surface area (Å²) in [6.07, 6.45) is -0.903. The number of Topliss-reactive ketones (excluding diaryl/α,β-unsaturated/α-hetero) is 1. The number of hydrogen-bond acceptors (Lipinski definition) is 2. The van der Waals surface area contributed by atoms with Crippen molar-refractivity contribution in [2.24, 2.45) is 0 Å². The minimum atomic E-state index is -3.01. The van der Waals surface area contributed by atoms with Crippen LogP contribution in [-0.2, 0) is 0 Å². The number of aromatic nitrogens is 1. The van der Waals surface area contributed by atoms with Crippen molar-refractivity contribution < 1.29 is 18.3 Å². The maximum Gasteiger partial charge on any atom is 0.300 e. The van der Waals surface area contributed by atoms with Gasteiger partial charge in [0.2, 0.25) is 5.78 Å². The number of aromatic amines is 1. The van der Waals surface area contributed by atoms with Crippen LogP contribution in [0.25, 0.3) is 10.9 Å². The van der Waals surface area contributed by atoms with Crippen molar-refractivity contribution in [1.82, 2.24) is 4.98 Å². The Balaban J connectivity index is 2.51. The summed E-state index contributed by atoms with van der Waals surface area (Å²) in [5.41, 5.74) is 0.597. The average molecular weight is 253 g/mol. The summed E-state index contributed by atoms with van der Waals surface area (Å²) in [7, 11) is 0. The molecule has 0 bridgehead atoms. The lowest BCUT2D eigenvalue weighted by Crippen LogP contribution is -2.09. The Kier molecular flexibility index (Phi) is 3.60. The van der Waals surface area contributed by atoms with Crippen LogP contribution in [0.1, 0.15) is 23.7 Å². The van der Waals surface area contributed by atoms with E-state index in [1.807, 2.05) is 6.92 Å². The molecular formula is C13H13F2NO2. The topological polar surface area (TPSA) is 42.1 Å². The summed E-state index contributed by atoms with van der Waals surface area (Å²) in [5, 5.41) is 0.427. The van der Waals surface area contributed by atoms with Crippen LogP contribution >= 0.6 is 0 Å². The van der Waals surface area contributed by atoms with Crippen LogP contribution in [0.2, 0.25) is 0 Å². The quantitative estimate of drug-likeness (QED) is 0.830. The van der Waals surface area contributed by atoms with Crippen molar-refractivity contribution >= 4 is 16.7 Å². The van der Waals surface area contributed by atoms with Gasteiger partial charge in [-0.2, -0.15) is 0 Å². The number of carbonyl (C=O) groups is 1. The van der Waals surface area contributed by atoms with Crippen molar-refractivity contribution in [2.75, 3.05) is 6.61 Å². The van der Waals surface area contributed by atoms with Crippen molar-refractivity contribution in [2.45, 2.75) is 19.8 Å². The van der Waals surface area contributed by atoms with E-state index in [2.05, 4.69) is 4.98 Å². The first-order valence-electron chi connectivity index (χ1n) is 5.70. The van der Waals surface area contributed by atoms with E-state index in [4.69, 9.17) is 4.74 Å². The van der Waals surface area contributed by atoms with Crippen LogP contribution in [0.4, 0.5) is 8.78 Å². The smallest absolute Gasteiger partial charge is 0.300 e. The Morgan fingerprint density at radius 2 is 2.22 bits per heavy atom. The predicted molar refractivity (Wildman–Crippen MR) is 64.4 cm³/mol. The van der Waals surface area contributed by atoms with E-state index >= 15 is 0 Å². The molecule has 96 valence electrons. The second-order valence-electron chi connectivity index (χ2n) is 3.89. The van der Waals surface area contributed by atoms with Gasteiger partial charge in [-0.15, -0.1) is 0 Å². The third-order valence-electron chi connectivity index (χ3n) is 2.59. The minimum Gasteiger partial charge on any atom is -0.493 e. The summed E-state index contributed by atoms with van der Waals surface area (Å²) in [6.45, 7) is 2.43. The number of ether oxygens (including phenoxy) is 1. The van der Waals surface area contributed by atoms with Crippen molar-refractivity contribution in [3.8, 4) is 5.75 Å². The van der Waals surface area contributed by atoms with E-state index in [9.17, 15) is 13.6 Å². The van der Waals surface area contributed by atoms with Gasteiger partial charge in [0.15, 0.2) is 0 Å². The zero-order valence-electron chi connectivity index (χ0n) is 9.87. The van der Waals surface area contributed by atoms with Crippen molar-refractivity contribution in [3.63, 3.8) is 0 Å². The van der Waals surface area contributed by atoms with Gasteiger partial charge in [0.25, 0.3) is 0 Å². The molecule has 0 atom stereocenters. The van der Waals surface area contributed by atoms with Gasteiger partial charge in [0.05, 0.1) is 17.6 Å². The second-order valence-corrected chi connectivity index (χ2v) is 3.89. The molecule has 0 saturated heterocycles. The Bertz CT molecular complexity index is 563. The monoisotopic (exact) mass is 253 g/mol. The third kappa shape index (κ3) is 2.20. The number of benzene rings is 1. The number of halogens is 2. The van der Waals surface area contributed by atoms with Gasteiger partial charge in [-0.25, -0.2) is 8.78 Å². The number of H-pyrrole nitrogens is 1. The number of carbonyl (C=O) groups excluding carboxylic acids is 1. The molecule has 0 amide bonds. The second kappa shape index (κ2) is 5.16. The fraction of sp³-hybridized carbons (Fsp3) is 0.308. The van der Waals surface area contributed by atoms with Crippen LogP contribution < -0.4 is 4.74 Å². The first-order valence-corrected chi connectivity index (χ1v) is 5.70. The molecule has 0 aliphatic carbocycles. The van der Waals surface area contributed by atoms with Gasteiger partial charge in [0.1, 0.15) is 5.75 Å². The molecule has 0 unspecified atom stereocenters. The fourth-order valence-corrected chi connectivity index (χ4v) is 1.80. The van der Waals surface area contributed by atoms with Crippen molar-refractivity contribution in [3.05, 3.63) is 30.0 Å². The highest BCUT2D eigenvalue weighted by atomic mass is 19.3. The summed E-state index contributed by atoms with van der Waals surface area (Å²) < 4.78 is 30.5. The van der Waals surface area contributed by atoms with E-state index in [0.29, 0.717) is 23.3 Å². The van der Waals surface area contributed by atoms with Gasteiger partial charge in [-0.3, -0.25) is 4.79 Å². The number of rotatable bonds is 5. The minimum absolute atomic E-state index is 0.0216. The van der Waals surface area contributed by atoms with Crippen LogP contribution in [0.15, 0.2) is 24.4 Å². The summed E-state index contributed by atoms with van der Waals surface area (Å²) in [4.78, 5) is 14.2. The summed E-state index contributed by atoms with van der Waals surface area (Å²) >= 11 is 0. The number of alkyl halides is 2. The predicted octanol–water partition coefficient (Wildman–Crippen LogP) is 3.40. The molecule has 2 aromatic rings. The van der Waals surface area contributed by atoms with Gasteiger partial charge in [0, 0.05) is 11.7 Å². The van der Waals surface area contributed by atoms with Gasteiger partial charge < -0.3 is 9.72 Å². The molecule has 2 rings (SSSR count). The average Bonchev–Trinajstić information content (AvgIpc) is 2.79. The lowest BCUT2D eigenvalue weighted by molar-refractivity contribution is 0.0680. The largest absolute Gasteiger partial charge is 0.493 e. The van der Waals surface area contributed by atoms with E-state index in [1.165, 1.54) is 6.20 Å². The molecule has 1 heterocycles. The lowest BCUT2D eigenvalue weighted by atomic mass is 10.1. The lowest BCUT2D eigenvalue weighted by Gasteiger charge is -2.07. The Hall–Kier alpha value is -1.91. The summed E-state index contributed by atoms with van der Waals surface area (Å²) in [6, 6.07) is 5.14. The molecule has 1 aromatic carbocycles. The Morgan fingerprint density at radius 1 is 1.44 bits per heavy atom.